The standard InChI is InChI=1S/C22H17F3N2O2/c1-15-6-5-9-19(14-15)26-20(16-7-3-2-4-8-16)27-29-21(28)17-10-12-18(13-11-17)22(23,24)25/h2-14H,1H3,(H,26,27). The molecule has 7 heteroatoms. The van der Waals surface area contributed by atoms with Crippen LogP contribution in [0, 0.1) is 6.92 Å². The monoisotopic (exact) mass is 398 g/mol. The van der Waals surface area contributed by atoms with Crippen molar-refractivity contribution in [3.05, 3.63) is 101 Å². The lowest BCUT2D eigenvalue weighted by atomic mass is 10.1. The fraction of sp³-hybridized carbons (Fsp3) is 0.0909. The first-order chi connectivity index (χ1) is 13.8. The Morgan fingerprint density at radius 1 is 0.897 bits per heavy atom. The number of alkyl halides is 3. The maximum Gasteiger partial charge on any atom is 0.416 e. The zero-order valence-electron chi connectivity index (χ0n) is 15.4. The third kappa shape index (κ3) is 5.44. The molecule has 0 spiro atoms. The van der Waals surface area contributed by atoms with E-state index < -0.39 is 17.7 Å². The van der Waals surface area contributed by atoms with Gasteiger partial charge in [-0.05, 0) is 48.9 Å². The highest BCUT2D eigenvalue weighted by atomic mass is 19.4. The van der Waals surface area contributed by atoms with Crippen LogP contribution in [0.2, 0.25) is 0 Å². The van der Waals surface area contributed by atoms with Gasteiger partial charge >= 0.3 is 12.1 Å². The summed E-state index contributed by atoms with van der Waals surface area (Å²) in [7, 11) is 0. The molecule has 3 rings (SSSR count). The van der Waals surface area contributed by atoms with Gasteiger partial charge in [-0.2, -0.15) is 18.7 Å². The second kappa shape index (κ2) is 8.60. The van der Waals surface area contributed by atoms with Crippen molar-refractivity contribution < 1.29 is 22.8 Å². The van der Waals surface area contributed by atoms with Crippen molar-refractivity contribution in [3.63, 3.8) is 0 Å². The number of halogens is 3. The van der Waals surface area contributed by atoms with Gasteiger partial charge in [-0.25, -0.2) is 9.79 Å². The molecule has 0 saturated carbocycles. The summed E-state index contributed by atoms with van der Waals surface area (Å²) in [6.07, 6.45) is -4.47. The van der Waals surface area contributed by atoms with Crippen molar-refractivity contribution in [3.8, 4) is 0 Å². The Bertz CT molecular complexity index is 1010. The molecule has 148 valence electrons. The van der Waals surface area contributed by atoms with Crippen LogP contribution < -0.4 is 5.48 Å². The summed E-state index contributed by atoms with van der Waals surface area (Å²) >= 11 is 0. The van der Waals surface area contributed by atoms with Crippen LogP contribution in [0.4, 0.5) is 18.9 Å². The summed E-state index contributed by atoms with van der Waals surface area (Å²) < 4.78 is 38.0. The normalized spacial score (nSPS) is 11.8. The minimum Gasteiger partial charge on any atom is -0.336 e. The van der Waals surface area contributed by atoms with Gasteiger partial charge in [-0.15, -0.1) is 0 Å². The Hall–Kier alpha value is -3.61. The van der Waals surface area contributed by atoms with Crippen LogP contribution in [-0.4, -0.2) is 11.8 Å². The van der Waals surface area contributed by atoms with Crippen molar-refractivity contribution in [2.24, 2.45) is 4.99 Å². The van der Waals surface area contributed by atoms with Gasteiger partial charge < -0.3 is 4.84 Å². The molecule has 4 nitrogen and oxygen atoms in total. The molecule has 0 aromatic heterocycles. The Kier molecular flexibility index (Phi) is 5.97. The quantitative estimate of drug-likeness (QED) is 0.362. The molecule has 0 saturated heterocycles. The third-order valence-corrected chi connectivity index (χ3v) is 3.98. The Morgan fingerprint density at radius 3 is 2.21 bits per heavy atom. The summed E-state index contributed by atoms with van der Waals surface area (Å²) in [5.74, 6) is -0.539. The van der Waals surface area contributed by atoms with Gasteiger partial charge in [0.2, 0.25) is 0 Å². The zero-order valence-corrected chi connectivity index (χ0v) is 15.4. The highest BCUT2D eigenvalue weighted by molar-refractivity contribution is 6.01. The van der Waals surface area contributed by atoms with E-state index in [0.29, 0.717) is 11.3 Å². The smallest absolute Gasteiger partial charge is 0.336 e. The van der Waals surface area contributed by atoms with Gasteiger partial charge in [0.15, 0.2) is 5.84 Å². The Balaban J connectivity index is 1.79. The van der Waals surface area contributed by atoms with Gasteiger partial charge in [0.25, 0.3) is 0 Å². The molecule has 0 aliphatic heterocycles. The highest BCUT2D eigenvalue weighted by Crippen LogP contribution is 2.29. The summed E-state index contributed by atoms with van der Waals surface area (Å²) in [5, 5.41) is 0. The largest absolute Gasteiger partial charge is 0.416 e. The van der Waals surface area contributed by atoms with Crippen LogP contribution in [0.25, 0.3) is 0 Å². The fourth-order valence-corrected chi connectivity index (χ4v) is 2.52. The van der Waals surface area contributed by atoms with E-state index in [4.69, 9.17) is 4.84 Å². The number of hydrogen-bond donors (Lipinski definition) is 1. The number of rotatable bonds is 3. The van der Waals surface area contributed by atoms with Crippen molar-refractivity contribution >= 4 is 17.5 Å². The van der Waals surface area contributed by atoms with E-state index in [0.717, 1.165) is 29.8 Å². The van der Waals surface area contributed by atoms with E-state index in [1.165, 1.54) is 0 Å². The average molecular weight is 398 g/mol. The van der Waals surface area contributed by atoms with E-state index in [9.17, 15) is 18.0 Å². The number of aryl methyl sites for hydroxylation is 1. The second-order valence-electron chi connectivity index (χ2n) is 6.23. The number of aliphatic imine (C=N–C) groups is 1. The summed E-state index contributed by atoms with van der Waals surface area (Å²) in [6, 6.07) is 20.2. The van der Waals surface area contributed by atoms with Crippen molar-refractivity contribution in [2.75, 3.05) is 0 Å². The molecule has 0 bridgehead atoms. The predicted molar refractivity (Wildman–Crippen MR) is 104 cm³/mol. The van der Waals surface area contributed by atoms with Crippen molar-refractivity contribution in [1.82, 2.24) is 5.48 Å². The SMILES string of the molecule is Cc1cccc(N=C(NOC(=O)c2ccc(C(F)(F)F)cc2)c2ccccc2)c1. The molecule has 0 aliphatic rings. The number of nitrogens with one attached hydrogen (secondary N) is 1. The van der Waals surface area contributed by atoms with Gasteiger partial charge in [0.1, 0.15) is 0 Å². The summed E-state index contributed by atoms with van der Waals surface area (Å²) in [4.78, 5) is 21.8. The van der Waals surface area contributed by atoms with Gasteiger partial charge in [-0.1, -0.05) is 42.5 Å². The molecule has 1 N–H and O–H groups in total. The van der Waals surface area contributed by atoms with Crippen LogP contribution in [-0.2, 0) is 11.0 Å². The van der Waals surface area contributed by atoms with Gasteiger partial charge in [0, 0.05) is 5.56 Å². The maximum atomic E-state index is 12.7. The fourth-order valence-electron chi connectivity index (χ4n) is 2.52. The van der Waals surface area contributed by atoms with E-state index in [2.05, 4.69) is 10.5 Å². The molecule has 0 atom stereocenters. The number of nitrogens with zero attached hydrogens (tertiary/aromatic N) is 1. The van der Waals surface area contributed by atoms with Crippen LogP contribution >= 0.6 is 0 Å². The molecule has 0 unspecified atom stereocenters. The van der Waals surface area contributed by atoms with Crippen LogP contribution in [0.3, 0.4) is 0 Å². The number of amidine groups is 1. The molecule has 0 fully saturated rings. The maximum absolute atomic E-state index is 12.7. The van der Waals surface area contributed by atoms with E-state index in [1.54, 1.807) is 30.3 Å². The predicted octanol–water partition coefficient (Wildman–Crippen LogP) is 5.45. The summed E-state index contributed by atoms with van der Waals surface area (Å²) in [5.41, 5.74) is 4.01. The lowest BCUT2D eigenvalue weighted by Gasteiger charge is -2.11. The van der Waals surface area contributed by atoms with Gasteiger partial charge in [0.05, 0.1) is 16.8 Å². The zero-order chi connectivity index (χ0) is 20.9. The first-order valence-corrected chi connectivity index (χ1v) is 8.68. The minimum absolute atomic E-state index is 0.0199. The second-order valence-corrected chi connectivity index (χ2v) is 6.23. The molecule has 0 heterocycles. The molecule has 29 heavy (non-hydrogen) atoms. The molecular weight excluding hydrogens is 381 g/mol. The van der Waals surface area contributed by atoms with Crippen molar-refractivity contribution in [1.29, 1.82) is 0 Å². The van der Waals surface area contributed by atoms with Crippen LogP contribution in [0.15, 0.2) is 83.9 Å². The van der Waals surface area contributed by atoms with E-state index in [-0.39, 0.29) is 11.4 Å². The van der Waals surface area contributed by atoms with E-state index >= 15 is 0 Å². The molecule has 3 aromatic carbocycles. The molecule has 0 amide bonds. The molecule has 0 radical (unpaired) electrons. The van der Waals surface area contributed by atoms with Gasteiger partial charge in [-0.3, -0.25) is 0 Å². The Morgan fingerprint density at radius 2 is 1.59 bits per heavy atom. The third-order valence-electron chi connectivity index (χ3n) is 3.98. The highest BCUT2D eigenvalue weighted by Gasteiger charge is 2.30. The summed E-state index contributed by atoms with van der Waals surface area (Å²) in [6.45, 7) is 1.93. The molecular formula is C22H17F3N2O2. The first kappa shape index (κ1) is 20.1. The number of benzene rings is 3. The number of carbonyl (C=O) groups is 1. The van der Waals surface area contributed by atoms with Crippen molar-refractivity contribution in [2.45, 2.75) is 13.1 Å². The minimum atomic E-state index is -4.47. The number of carbonyl (C=O) groups excluding carboxylic acids is 1. The number of hydroxylamine groups is 1. The lowest BCUT2D eigenvalue weighted by molar-refractivity contribution is -0.137. The van der Waals surface area contributed by atoms with Crippen LogP contribution in [0.5, 0.6) is 0 Å². The first-order valence-electron chi connectivity index (χ1n) is 8.68. The molecule has 0 aliphatic carbocycles. The number of hydrogen-bond acceptors (Lipinski definition) is 3. The Labute approximate surface area is 165 Å². The topological polar surface area (TPSA) is 50.7 Å². The van der Waals surface area contributed by atoms with Crippen LogP contribution in [0.1, 0.15) is 27.0 Å². The lowest BCUT2D eigenvalue weighted by Crippen LogP contribution is -2.28. The van der Waals surface area contributed by atoms with E-state index in [1.807, 2.05) is 31.2 Å². The molecule has 3 aromatic rings. The average Bonchev–Trinajstić information content (AvgIpc) is 2.71.